The van der Waals surface area contributed by atoms with E-state index in [9.17, 15) is 0 Å². The predicted octanol–water partition coefficient (Wildman–Crippen LogP) is 1.58. The summed E-state index contributed by atoms with van der Waals surface area (Å²) < 4.78 is 0. The average Bonchev–Trinajstić information content (AvgIpc) is 2.40. The number of rotatable bonds is 4. The molecule has 0 amide bonds. The van der Waals surface area contributed by atoms with Crippen LogP contribution >= 0.6 is 0 Å². The second-order valence-corrected chi connectivity index (χ2v) is 4.90. The highest BCUT2D eigenvalue weighted by Crippen LogP contribution is 2.11. The number of nitrogens with zero attached hydrogens (tertiary/aromatic N) is 2. The van der Waals surface area contributed by atoms with E-state index in [0.717, 1.165) is 31.9 Å². The largest absolute Gasteiger partial charge is 0.308 e. The van der Waals surface area contributed by atoms with Crippen LogP contribution in [0.2, 0.25) is 0 Å². The molecule has 1 N–H and O–H groups in total. The molecule has 0 aromatic carbocycles. The molecular formula is C15H21N3. The van der Waals surface area contributed by atoms with Crippen LogP contribution in [0.1, 0.15) is 24.1 Å². The summed E-state index contributed by atoms with van der Waals surface area (Å²) in [5, 5.41) is 3.60. The molecule has 1 aliphatic heterocycles. The van der Waals surface area contributed by atoms with E-state index in [1.807, 2.05) is 12.3 Å². The molecule has 0 radical (unpaired) electrons. The first-order chi connectivity index (χ1) is 8.79. The first-order valence-electron chi connectivity index (χ1n) is 6.59. The van der Waals surface area contributed by atoms with Crippen molar-refractivity contribution in [1.29, 1.82) is 0 Å². The lowest BCUT2D eigenvalue weighted by Crippen LogP contribution is -2.42. The van der Waals surface area contributed by atoms with Crippen molar-refractivity contribution < 1.29 is 0 Å². The molecule has 0 bridgehead atoms. The van der Waals surface area contributed by atoms with Gasteiger partial charge in [-0.2, -0.15) is 0 Å². The Hall–Kier alpha value is -1.37. The molecule has 2 rings (SSSR count). The minimum Gasteiger partial charge on any atom is -0.308 e. The number of hydrogen-bond acceptors (Lipinski definition) is 3. The first-order valence-corrected chi connectivity index (χ1v) is 6.59. The third-order valence-electron chi connectivity index (χ3n) is 3.58. The Labute approximate surface area is 110 Å². The van der Waals surface area contributed by atoms with Crippen molar-refractivity contribution in [3.8, 4) is 12.3 Å². The molecule has 0 aliphatic carbocycles. The number of terminal acetylenes is 1. The summed E-state index contributed by atoms with van der Waals surface area (Å²) in [4.78, 5) is 6.75. The summed E-state index contributed by atoms with van der Waals surface area (Å²) in [6, 6.07) is 4.69. The minimum atomic E-state index is 0.598. The summed E-state index contributed by atoms with van der Waals surface area (Å²) >= 11 is 0. The molecule has 0 atom stereocenters. The number of aromatic nitrogens is 1. The molecule has 1 aromatic rings. The monoisotopic (exact) mass is 243 g/mol. The van der Waals surface area contributed by atoms with Crippen LogP contribution in [0, 0.1) is 19.3 Å². The van der Waals surface area contributed by atoms with E-state index < -0.39 is 0 Å². The van der Waals surface area contributed by atoms with Gasteiger partial charge >= 0.3 is 0 Å². The number of piperidine rings is 1. The Kier molecular flexibility index (Phi) is 4.74. The van der Waals surface area contributed by atoms with E-state index >= 15 is 0 Å². The lowest BCUT2D eigenvalue weighted by atomic mass is 10.0. The van der Waals surface area contributed by atoms with Crippen LogP contribution in [0.4, 0.5) is 0 Å². The van der Waals surface area contributed by atoms with E-state index in [-0.39, 0.29) is 0 Å². The molecule has 96 valence electrons. The van der Waals surface area contributed by atoms with Gasteiger partial charge in [-0.3, -0.25) is 9.88 Å². The minimum absolute atomic E-state index is 0.598. The van der Waals surface area contributed by atoms with Gasteiger partial charge in [0.2, 0.25) is 0 Å². The van der Waals surface area contributed by atoms with E-state index in [1.54, 1.807) is 0 Å². The molecule has 3 nitrogen and oxygen atoms in total. The first kappa shape index (κ1) is 13.1. The average molecular weight is 243 g/mol. The normalized spacial score (nSPS) is 17.6. The second kappa shape index (κ2) is 6.53. The Morgan fingerprint density at radius 1 is 1.50 bits per heavy atom. The fourth-order valence-corrected chi connectivity index (χ4v) is 2.37. The van der Waals surface area contributed by atoms with Crippen LogP contribution in [0.3, 0.4) is 0 Å². The quantitative estimate of drug-likeness (QED) is 0.814. The molecule has 1 aliphatic rings. The highest BCUT2D eigenvalue weighted by Gasteiger charge is 2.17. The molecule has 1 saturated heterocycles. The Morgan fingerprint density at radius 3 is 2.94 bits per heavy atom. The van der Waals surface area contributed by atoms with Gasteiger partial charge in [0.15, 0.2) is 0 Å². The lowest BCUT2D eigenvalue weighted by molar-refractivity contribution is 0.217. The van der Waals surface area contributed by atoms with Crippen molar-refractivity contribution in [2.45, 2.75) is 32.4 Å². The van der Waals surface area contributed by atoms with Crippen molar-refractivity contribution in [1.82, 2.24) is 15.2 Å². The lowest BCUT2D eigenvalue weighted by Gasteiger charge is -2.31. The molecule has 18 heavy (non-hydrogen) atoms. The third-order valence-corrected chi connectivity index (χ3v) is 3.58. The van der Waals surface area contributed by atoms with Gasteiger partial charge in [0, 0.05) is 31.9 Å². The van der Waals surface area contributed by atoms with Gasteiger partial charge in [-0.15, -0.1) is 6.42 Å². The predicted molar refractivity (Wildman–Crippen MR) is 74.1 cm³/mol. The topological polar surface area (TPSA) is 28.2 Å². The molecule has 1 aromatic heterocycles. The summed E-state index contributed by atoms with van der Waals surface area (Å²) in [6.07, 6.45) is 9.54. The summed E-state index contributed by atoms with van der Waals surface area (Å²) in [7, 11) is 0. The molecular weight excluding hydrogens is 222 g/mol. The molecule has 0 spiro atoms. The maximum absolute atomic E-state index is 5.33. The maximum Gasteiger partial charge on any atom is 0.0598 e. The van der Waals surface area contributed by atoms with Gasteiger partial charge < -0.3 is 5.32 Å². The fourth-order valence-electron chi connectivity index (χ4n) is 2.37. The molecule has 3 heteroatoms. The van der Waals surface area contributed by atoms with Gasteiger partial charge in [0.05, 0.1) is 12.2 Å². The third kappa shape index (κ3) is 3.56. The Morgan fingerprint density at radius 2 is 2.28 bits per heavy atom. The molecule has 1 fully saturated rings. The second-order valence-electron chi connectivity index (χ2n) is 4.90. The molecule has 2 heterocycles. The van der Waals surface area contributed by atoms with Gasteiger partial charge in [0.25, 0.3) is 0 Å². The highest BCUT2D eigenvalue weighted by atomic mass is 15.1. The van der Waals surface area contributed by atoms with Gasteiger partial charge in [0.1, 0.15) is 0 Å². The standard InChI is InChI=1S/C15H21N3/c1-3-9-18-10-6-14(7-11-18)17-12-15-13(2)5-4-8-16-15/h1,4-5,8,14,17H,6-7,9-12H2,2H3. The van der Waals surface area contributed by atoms with Crippen LogP contribution in [0.5, 0.6) is 0 Å². The van der Waals surface area contributed by atoms with E-state index in [4.69, 9.17) is 6.42 Å². The van der Waals surface area contributed by atoms with Crippen molar-refractivity contribution in [3.05, 3.63) is 29.6 Å². The van der Waals surface area contributed by atoms with E-state index in [0.29, 0.717) is 6.04 Å². The fraction of sp³-hybridized carbons (Fsp3) is 0.533. The van der Waals surface area contributed by atoms with Crippen LogP contribution in [-0.2, 0) is 6.54 Å². The number of pyridine rings is 1. The summed E-state index contributed by atoms with van der Waals surface area (Å²) in [5.41, 5.74) is 2.42. The van der Waals surface area contributed by atoms with Crippen molar-refractivity contribution >= 4 is 0 Å². The zero-order valence-electron chi connectivity index (χ0n) is 11.0. The Bertz CT molecular complexity index is 414. The van der Waals surface area contributed by atoms with Crippen LogP contribution < -0.4 is 5.32 Å². The molecule has 0 saturated carbocycles. The summed E-state index contributed by atoms with van der Waals surface area (Å²) in [5.74, 6) is 2.71. The maximum atomic E-state index is 5.33. The number of likely N-dealkylation sites (tertiary alicyclic amines) is 1. The van der Waals surface area contributed by atoms with E-state index in [2.05, 4.69) is 34.1 Å². The van der Waals surface area contributed by atoms with E-state index in [1.165, 1.54) is 18.4 Å². The van der Waals surface area contributed by atoms with Crippen molar-refractivity contribution in [2.24, 2.45) is 0 Å². The SMILES string of the molecule is C#CCN1CCC(NCc2ncccc2C)CC1. The summed E-state index contributed by atoms with van der Waals surface area (Å²) in [6.45, 7) is 5.96. The van der Waals surface area contributed by atoms with Crippen LogP contribution in [0.25, 0.3) is 0 Å². The van der Waals surface area contributed by atoms with Gasteiger partial charge in [-0.05, 0) is 31.4 Å². The van der Waals surface area contributed by atoms with Crippen molar-refractivity contribution in [3.63, 3.8) is 0 Å². The number of hydrogen-bond donors (Lipinski definition) is 1. The Balaban J connectivity index is 1.76. The smallest absolute Gasteiger partial charge is 0.0598 e. The van der Waals surface area contributed by atoms with Crippen LogP contribution in [0.15, 0.2) is 18.3 Å². The zero-order valence-corrected chi connectivity index (χ0v) is 11.0. The van der Waals surface area contributed by atoms with Crippen LogP contribution in [-0.4, -0.2) is 35.6 Å². The number of nitrogens with one attached hydrogen (secondary N) is 1. The van der Waals surface area contributed by atoms with Gasteiger partial charge in [-0.25, -0.2) is 0 Å². The van der Waals surface area contributed by atoms with Gasteiger partial charge in [-0.1, -0.05) is 12.0 Å². The zero-order chi connectivity index (χ0) is 12.8. The van der Waals surface area contributed by atoms with Crippen molar-refractivity contribution in [2.75, 3.05) is 19.6 Å². The highest BCUT2D eigenvalue weighted by molar-refractivity contribution is 5.17. The molecule has 0 unspecified atom stereocenters. The number of aryl methyl sites for hydroxylation is 1.